The summed E-state index contributed by atoms with van der Waals surface area (Å²) in [5.74, 6) is -0.0729. The van der Waals surface area contributed by atoms with Crippen LogP contribution >= 0.6 is 0 Å². The van der Waals surface area contributed by atoms with Crippen LogP contribution in [0.5, 0.6) is 0 Å². The van der Waals surface area contributed by atoms with E-state index in [4.69, 9.17) is 0 Å². The first-order chi connectivity index (χ1) is 11.7. The fraction of sp³-hybridized carbons (Fsp3) is 0.417. The molecule has 1 amide bonds. The standard InChI is InChI=1S/C14H14N2O.C3H7.2C2H6.3CH4.2Y/c1-15-14(17)11-7-9-13(10-8-11)16-12-5-3-2-4-6-12;1-3-2;2*1-2;;;;;/h2-10,16H,1H3,(H,15,17);1,3H2,2H3;2*1-2H3;3*1H4;;/q;-1;;;;;;;. The molecule has 0 aliphatic heterocycles. The topological polar surface area (TPSA) is 41.1 Å². The van der Waals surface area contributed by atoms with Gasteiger partial charge in [-0.1, -0.05) is 75.1 Å². The molecular weight excluding hydrogens is 510 g/mol. The number of nitrogens with one attached hydrogen (secondary N) is 2. The van der Waals surface area contributed by atoms with E-state index in [1.807, 2.05) is 77.1 Å². The zero-order valence-electron chi connectivity index (χ0n) is 17.2. The van der Waals surface area contributed by atoms with Gasteiger partial charge in [0.2, 0.25) is 0 Å². The second-order valence-electron chi connectivity index (χ2n) is 4.15. The molecule has 2 rings (SSSR count). The minimum atomic E-state index is -0.0729. The molecule has 0 saturated heterocycles. The molecule has 0 bridgehead atoms. The van der Waals surface area contributed by atoms with Crippen molar-refractivity contribution in [2.45, 2.75) is 63.3 Å². The van der Waals surface area contributed by atoms with Crippen LogP contribution in [-0.4, -0.2) is 13.0 Å². The van der Waals surface area contributed by atoms with Crippen LogP contribution in [0.15, 0.2) is 54.6 Å². The fourth-order valence-corrected chi connectivity index (χ4v) is 1.54. The van der Waals surface area contributed by atoms with Crippen molar-refractivity contribution in [2.24, 2.45) is 0 Å². The largest absolute Gasteiger partial charge is 0.356 e. The Morgan fingerprint density at radius 2 is 1.14 bits per heavy atom. The number of para-hydroxylation sites is 1. The summed E-state index contributed by atoms with van der Waals surface area (Å²) in [6.45, 7) is 13.5. The Morgan fingerprint density at radius 1 is 0.793 bits per heavy atom. The van der Waals surface area contributed by atoms with Crippen LogP contribution in [0, 0.1) is 6.92 Å². The number of hydrogen-bond acceptors (Lipinski definition) is 2. The van der Waals surface area contributed by atoms with Crippen LogP contribution in [0.25, 0.3) is 0 Å². The maximum atomic E-state index is 11.4. The van der Waals surface area contributed by atoms with Gasteiger partial charge in [-0.3, -0.25) is 4.79 Å². The second-order valence-corrected chi connectivity index (χ2v) is 4.15. The van der Waals surface area contributed by atoms with Crippen LogP contribution in [0.3, 0.4) is 0 Å². The third kappa shape index (κ3) is 24.1. The monoisotopic (exact) mass is 555 g/mol. The third-order valence-electron chi connectivity index (χ3n) is 2.44. The number of carbonyl (C=O) groups excluding carboxylic acids is 1. The van der Waals surface area contributed by atoms with Crippen LogP contribution in [0.1, 0.15) is 73.7 Å². The van der Waals surface area contributed by atoms with Gasteiger partial charge in [0.1, 0.15) is 0 Å². The summed E-state index contributed by atoms with van der Waals surface area (Å²) in [5, 5.41) is 5.85. The van der Waals surface area contributed by atoms with E-state index in [0.29, 0.717) is 5.56 Å². The Kier molecular flexibility index (Phi) is 57.2. The van der Waals surface area contributed by atoms with Crippen molar-refractivity contribution in [1.29, 1.82) is 0 Å². The Bertz CT molecular complexity index is 518. The maximum absolute atomic E-state index is 11.4. The molecule has 164 valence electrons. The van der Waals surface area contributed by atoms with Crippen LogP contribution < -0.4 is 10.6 Å². The van der Waals surface area contributed by atoms with Crippen LogP contribution in [0.2, 0.25) is 0 Å². The summed E-state index contributed by atoms with van der Waals surface area (Å²) in [4.78, 5) is 11.4. The normalized spacial score (nSPS) is 6.72. The van der Waals surface area contributed by atoms with E-state index >= 15 is 0 Å². The number of hydrogen-bond donors (Lipinski definition) is 2. The van der Waals surface area contributed by atoms with Gasteiger partial charge in [-0.25, -0.2) is 0 Å². The molecule has 0 atom stereocenters. The number of amides is 1. The molecule has 2 aromatic carbocycles. The third-order valence-corrected chi connectivity index (χ3v) is 2.44. The SMILES string of the molecule is C.C.C.CC.CC.CNC(=O)c1ccc(Nc2ccccc2)cc1.[CH2-]CC.[Y].[Y]. The van der Waals surface area contributed by atoms with Gasteiger partial charge in [0, 0.05) is 89.4 Å². The average Bonchev–Trinajstić information content (AvgIpc) is 2.66. The van der Waals surface area contributed by atoms with Crippen molar-refractivity contribution in [3.63, 3.8) is 0 Å². The van der Waals surface area contributed by atoms with Crippen LogP contribution in [-0.2, 0) is 65.4 Å². The first-order valence-corrected chi connectivity index (χ1v) is 8.64. The molecule has 0 aliphatic rings. The van der Waals surface area contributed by atoms with Gasteiger partial charge in [-0.05, 0) is 36.4 Å². The minimum Gasteiger partial charge on any atom is -0.356 e. The van der Waals surface area contributed by atoms with Crippen molar-refractivity contribution >= 4 is 17.3 Å². The summed E-state index contributed by atoms with van der Waals surface area (Å²) < 4.78 is 0. The van der Waals surface area contributed by atoms with E-state index in [1.54, 1.807) is 19.2 Å². The molecule has 0 saturated carbocycles. The van der Waals surface area contributed by atoms with Gasteiger partial charge in [0.25, 0.3) is 5.91 Å². The molecule has 0 unspecified atom stereocenters. The second kappa shape index (κ2) is 35.4. The predicted molar refractivity (Wildman–Crippen MR) is 128 cm³/mol. The quantitative estimate of drug-likeness (QED) is 0.377. The van der Waals surface area contributed by atoms with E-state index < -0.39 is 0 Å². The summed E-state index contributed by atoms with van der Waals surface area (Å²) in [6.07, 6.45) is 1.00. The van der Waals surface area contributed by atoms with E-state index in [-0.39, 0.29) is 93.6 Å². The van der Waals surface area contributed by atoms with Crippen LogP contribution in [0.4, 0.5) is 11.4 Å². The minimum absolute atomic E-state index is 0. The van der Waals surface area contributed by atoms with Crippen molar-refractivity contribution < 1.29 is 70.2 Å². The van der Waals surface area contributed by atoms with Crippen molar-refractivity contribution in [3.8, 4) is 0 Å². The van der Waals surface area contributed by atoms with Gasteiger partial charge in [-0.15, -0.1) is 0 Å². The summed E-state index contributed by atoms with van der Waals surface area (Å²) >= 11 is 0. The smallest absolute Gasteiger partial charge is 0.251 e. The van der Waals surface area contributed by atoms with Crippen molar-refractivity contribution in [1.82, 2.24) is 5.32 Å². The molecule has 2 radical (unpaired) electrons. The summed E-state index contributed by atoms with van der Waals surface area (Å²) in [6, 6.07) is 17.3. The first kappa shape index (κ1) is 46.9. The zero-order valence-corrected chi connectivity index (χ0v) is 22.8. The molecule has 0 heterocycles. The Morgan fingerprint density at radius 3 is 1.48 bits per heavy atom. The molecular formula is C24H45N2OY2-. The number of benzene rings is 2. The Labute approximate surface area is 233 Å². The molecule has 29 heavy (non-hydrogen) atoms. The van der Waals surface area contributed by atoms with E-state index in [0.717, 1.165) is 17.8 Å². The van der Waals surface area contributed by atoms with Gasteiger partial charge >= 0.3 is 0 Å². The summed E-state index contributed by atoms with van der Waals surface area (Å²) in [5.41, 5.74) is 2.65. The Hall–Kier alpha value is -0.0822. The zero-order chi connectivity index (χ0) is 18.8. The van der Waals surface area contributed by atoms with Gasteiger partial charge in [0.15, 0.2) is 0 Å². The molecule has 0 spiro atoms. The molecule has 2 aromatic rings. The molecule has 0 aromatic heterocycles. The first-order valence-electron chi connectivity index (χ1n) is 8.64. The van der Waals surface area contributed by atoms with E-state index in [9.17, 15) is 4.79 Å². The number of carbonyl (C=O) groups is 1. The molecule has 2 N–H and O–H groups in total. The van der Waals surface area contributed by atoms with Gasteiger partial charge in [0.05, 0.1) is 0 Å². The maximum Gasteiger partial charge on any atom is 0.251 e. The number of rotatable bonds is 3. The Balaban J connectivity index is -0.0000000726. The number of anilines is 2. The molecule has 0 aliphatic carbocycles. The molecule has 3 nitrogen and oxygen atoms in total. The van der Waals surface area contributed by atoms with Gasteiger partial charge in [-0.2, -0.15) is 6.42 Å². The molecule has 0 fully saturated rings. The fourth-order valence-electron chi connectivity index (χ4n) is 1.54. The molecule has 5 heteroatoms. The van der Waals surface area contributed by atoms with Gasteiger partial charge < -0.3 is 17.6 Å². The van der Waals surface area contributed by atoms with E-state index in [2.05, 4.69) is 17.6 Å². The summed E-state index contributed by atoms with van der Waals surface area (Å²) in [7, 11) is 1.62. The average molecular weight is 555 g/mol. The van der Waals surface area contributed by atoms with Crippen molar-refractivity contribution in [3.05, 3.63) is 67.1 Å². The van der Waals surface area contributed by atoms with E-state index in [1.165, 1.54) is 0 Å². The predicted octanol–water partition coefficient (Wildman–Crippen LogP) is 7.98. The van der Waals surface area contributed by atoms with Crippen molar-refractivity contribution in [2.75, 3.05) is 12.4 Å².